The predicted molar refractivity (Wildman–Crippen MR) is 545 cm³/mol. The molecule has 40 nitrogen and oxygen atoms in total. The van der Waals surface area contributed by atoms with Crippen molar-refractivity contribution in [2.24, 2.45) is 0 Å². The Labute approximate surface area is 840 Å². The predicted octanol–water partition coefficient (Wildman–Crippen LogP) is 16.7. The van der Waals surface area contributed by atoms with Gasteiger partial charge in [0.05, 0.1) is 52.0 Å². The first-order valence-electron chi connectivity index (χ1n) is 48.5. The van der Waals surface area contributed by atoms with Crippen LogP contribution in [0.15, 0.2) is 147 Å². The van der Waals surface area contributed by atoms with Gasteiger partial charge in [0.2, 0.25) is 29.7 Å². The van der Waals surface area contributed by atoms with Crippen molar-refractivity contribution >= 4 is 116 Å². The van der Waals surface area contributed by atoms with Crippen molar-refractivity contribution in [3.63, 3.8) is 0 Å². The van der Waals surface area contributed by atoms with Crippen LogP contribution in [0.1, 0.15) is 214 Å². The molecule has 20 rings (SSSR count). The molecule has 6 amide bonds. The number of nitrogens with one attached hydrogen (secondary N) is 4. The number of hydrogen-bond acceptors (Lipinski definition) is 29. The summed E-state index contributed by atoms with van der Waals surface area (Å²) in [6.07, 6.45) is 19.4. The molecule has 0 saturated carbocycles. The van der Waals surface area contributed by atoms with Crippen molar-refractivity contribution in [3.8, 4) is 46.0 Å². The Morgan fingerprint density at radius 3 is 1.08 bits per heavy atom. The van der Waals surface area contributed by atoms with E-state index < -0.39 is 17.2 Å². The van der Waals surface area contributed by atoms with E-state index in [1.807, 2.05) is 125 Å². The molecule has 4 fully saturated rings. The molecule has 8 aliphatic rings. The number of nitrogen functional groups attached to an aromatic ring is 1. The zero-order valence-electron chi connectivity index (χ0n) is 82.8. The van der Waals surface area contributed by atoms with Crippen LogP contribution in [-0.2, 0) is 23.8 Å². The molecule has 4 atom stereocenters. The number of nitrogens with two attached hydrogens (primary N) is 1. The van der Waals surface area contributed by atoms with Gasteiger partial charge in [-0.25, -0.2) is 34.3 Å². The average molecular weight is 1990 g/mol. The monoisotopic (exact) mass is 1990 g/mol. The minimum absolute atomic E-state index is 0. The van der Waals surface area contributed by atoms with E-state index >= 15 is 0 Å². The minimum Gasteiger partial charge on any atom is -0.486 e. The number of aromatic nitrogens is 12. The summed E-state index contributed by atoms with van der Waals surface area (Å²) in [5.74, 6) is 5.30. The largest absolute Gasteiger partial charge is 0.486 e. The molecular formula is C105H128N20O20. The van der Waals surface area contributed by atoms with Crippen LogP contribution in [0, 0.1) is 27.7 Å². The summed E-state index contributed by atoms with van der Waals surface area (Å²) >= 11 is 0. The quantitative estimate of drug-likeness (QED) is 0.0255. The number of benzene rings is 4. The lowest BCUT2D eigenvalue weighted by Crippen LogP contribution is -2.39. The van der Waals surface area contributed by atoms with Gasteiger partial charge in [0.1, 0.15) is 86.1 Å². The summed E-state index contributed by atoms with van der Waals surface area (Å²) in [6.45, 7) is 34.6. The minimum atomic E-state index is -0.912. The maximum atomic E-state index is 13.2. The summed E-state index contributed by atoms with van der Waals surface area (Å²) < 4.78 is 70.4. The van der Waals surface area contributed by atoms with Gasteiger partial charge in [-0.1, -0.05) is 27.0 Å². The molecule has 0 aliphatic carbocycles. The third-order valence-electron chi connectivity index (χ3n) is 24.6. The molecule has 16 heterocycles. The molecule has 768 valence electrons. The number of hydrogen-bond donors (Lipinski definition) is 6. The molecule has 4 saturated heterocycles. The Bertz CT molecular complexity index is 6680. The van der Waals surface area contributed by atoms with Crippen LogP contribution in [0.2, 0.25) is 0 Å². The van der Waals surface area contributed by atoms with Crippen molar-refractivity contribution in [2.45, 2.75) is 189 Å². The number of carboxylic acid groups (broad SMARTS) is 1. The molecule has 8 aromatic heterocycles. The van der Waals surface area contributed by atoms with Crippen LogP contribution in [-0.4, -0.2) is 243 Å². The highest BCUT2D eigenvalue weighted by molar-refractivity contribution is 6.07. The third kappa shape index (κ3) is 26.1. The lowest BCUT2D eigenvalue weighted by Gasteiger charge is -2.30. The standard InChI is InChI=1S/C27H33N5O5.C25H27N5O4.C22H25N5O3.C20H28N4O4.C7H7NO2.C3H4O2.CH4/c1-17-15-18(10-11-28-17)24(33)30-25-29-20-8-9-21-23(36-14-13-35-21)22(20)32(25)19-7-5-6-12-31(16-19)26(34)37-27(2,3)4;1-3-21(31)29-11-5-4-6-18(15-29)30-22-19(7-8-20-23(22)34-13-12-33-20)27-25(30)28-24(32)17-9-10-26-16(2)14-17;1-14-12-15(7-9-24-14)21(28)26-22-25-17-5-6-18-20(30-11-10-29-18)19(17)27(22)16-4-2-3-8-23-13-16;1-20(2,3)28-19(25)23-9-5-4-6-13(12-23)24-16-14(22-18(24)21)7-8-15-17(16)27-11-10-26-15;1-5-4-6(7(9)10)2-3-8-5;1-2-5-3-4;/h8-11,15,19H,5-7,12-14,16H2,1-4H3,(H,29,30,33);3,7-10,14,18H,1,4-6,11-13,15H2,2H3,(H,27,28,32);5-7,9,12,16,23H,2-4,8,10-11,13H2,1H3,(H,25,26,28);7-8,13H,4-6,9-12H2,1-3H3,(H2,21,22);2-4H,1H3,(H,9,10);2-3H,1H2;1H4/t19-;18-;16-;13-;;;/m1111.../s1. The van der Waals surface area contributed by atoms with Crippen LogP contribution >= 0.6 is 0 Å². The number of ether oxygens (including phenoxy) is 11. The summed E-state index contributed by atoms with van der Waals surface area (Å²) in [6, 6.07) is 28.2. The normalized spacial score (nSPS) is 17.3. The third-order valence-corrected chi connectivity index (χ3v) is 24.6. The van der Waals surface area contributed by atoms with Crippen LogP contribution < -0.4 is 64.9 Å². The summed E-state index contributed by atoms with van der Waals surface area (Å²) in [5, 5.41) is 21.0. The number of rotatable bonds is 14. The molecule has 8 aliphatic heterocycles. The fraction of sp³-hybridized carbons (Fsp3) is 0.429. The summed E-state index contributed by atoms with van der Waals surface area (Å²) in [5.41, 5.74) is 16.2. The second-order valence-corrected chi connectivity index (χ2v) is 37.5. The molecule has 0 bridgehead atoms. The number of amides is 6. The Morgan fingerprint density at radius 1 is 0.428 bits per heavy atom. The van der Waals surface area contributed by atoms with Gasteiger partial charge in [-0.2, -0.15) is 0 Å². The van der Waals surface area contributed by atoms with E-state index in [0.29, 0.717) is 190 Å². The highest BCUT2D eigenvalue weighted by Gasteiger charge is 2.38. The van der Waals surface area contributed by atoms with Gasteiger partial charge in [-0.3, -0.25) is 59.9 Å². The van der Waals surface area contributed by atoms with Gasteiger partial charge in [0.15, 0.2) is 46.0 Å². The number of aromatic carboxylic acids is 1. The van der Waals surface area contributed by atoms with Crippen molar-refractivity contribution in [3.05, 3.63) is 192 Å². The lowest BCUT2D eigenvalue weighted by atomic mass is 10.1. The zero-order chi connectivity index (χ0) is 102. The highest BCUT2D eigenvalue weighted by atomic mass is 16.6. The molecule has 4 aromatic carbocycles. The van der Waals surface area contributed by atoms with Crippen molar-refractivity contribution < 1.29 is 95.6 Å². The highest BCUT2D eigenvalue weighted by Crippen LogP contribution is 2.47. The van der Waals surface area contributed by atoms with E-state index in [-0.39, 0.29) is 73.0 Å². The molecule has 40 heteroatoms. The van der Waals surface area contributed by atoms with Crippen LogP contribution in [0.25, 0.3) is 44.1 Å². The number of fused-ring (bicyclic) bond motifs is 12. The molecule has 145 heavy (non-hydrogen) atoms. The van der Waals surface area contributed by atoms with E-state index in [1.54, 1.807) is 76.6 Å². The Kier molecular flexibility index (Phi) is 34.8. The second-order valence-electron chi connectivity index (χ2n) is 37.5. The molecular weight excluding hydrogens is 1860 g/mol. The zero-order valence-corrected chi connectivity index (χ0v) is 82.8. The Balaban J connectivity index is 0.000000146. The van der Waals surface area contributed by atoms with Crippen LogP contribution in [0.3, 0.4) is 0 Å². The SMILES string of the molecule is C.C=CC(=O)N1CCCC[C@@H](n2c(NC(=O)c3ccnc(C)c3)nc3ccc4c(c32)OCCO4)C1.C=COC=O.CC(C)(C)OC(=O)N1CCCC[C@@H](n2c(N)nc3ccc4c(c32)OCCO4)C1.Cc1cc(C(=O)Nc2nc3ccc4c(c3n2[C@@H]2CCCCN(C(=O)OC(C)(C)C)C2)OCCO4)ccn1.Cc1cc(C(=O)Nc2nc3ccc4c(c3n2[C@@H]2CCCCNC2)OCCO4)ccn1.Cc1cc(C(=O)O)ccn1. The first-order valence-corrected chi connectivity index (χ1v) is 48.5. The van der Waals surface area contributed by atoms with Gasteiger partial charge in [0, 0.05) is 116 Å². The van der Waals surface area contributed by atoms with Crippen molar-refractivity contribution in [1.29, 1.82) is 0 Å². The number of pyridine rings is 4. The van der Waals surface area contributed by atoms with Gasteiger partial charge in [0.25, 0.3) is 24.2 Å². The maximum Gasteiger partial charge on any atom is 0.410 e. The fourth-order valence-electron chi connectivity index (χ4n) is 18.3. The molecule has 7 N–H and O–H groups in total. The number of likely N-dealkylation sites (tertiary alicyclic amines) is 3. The fourth-order valence-corrected chi connectivity index (χ4v) is 18.3. The number of imidazole rings is 4. The Hall–Kier alpha value is -15.6. The number of aryl methyl sites for hydroxylation is 4. The first kappa shape index (κ1) is 105. The number of carbonyl (C=O) groups excluding carboxylic acids is 7. The van der Waals surface area contributed by atoms with Gasteiger partial charge in [-0.05, 0) is 250 Å². The van der Waals surface area contributed by atoms with E-state index in [1.165, 1.54) is 24.4 Å². The maximum absolute atomic E-state index is 13.2. The number of anilines is 4. The Morgan fingerprint density at radius 2 is 0.745 bits per heavy atom. The molecule has 0 spiro atoms. The first-order chi connectivity index (χ1) is 69.4. The van der Waals surface area contributed by atoms with Gasteiger partial charge in [-0.15, -0.1) is 0 Å². The number of nitrogens with zero attached hydrogens (tertiary/aromatic N) is 15. The van der Waals surface area contributed by atoms with Crippen molar-refractivity contribution in [2.75, 3.05) is 127 Å². The summed E-state index contributed by atoms with van der Waals surface area (Å²) in [7, 11) is 0. The number of carboxylic acids is 1. The number of carbonyl (C=O) groups is 8. The van der Waals surface area contributed by atoms with Crippen molar-refractivity contribution in [1.82, 2.24) is 78.2 Å². The van der Waals surface area contributed by atoms with E-state index in [0.717, 1.165) is 158 Å². The van der Waals surface area contributed by atoms with Gasteiger partial charge < -0.3 is 101 Å². The second kappa shape index (κ2) is 48.0. The molecule has 12 aromatic rings. The molecule has 0 radical (unpaired) electrons. The van der Waals surface area contributed by atoms with Crippen LogP contribution in [0.5, 0.6) is 46.0 Å². The molecule has 0 unspecified atom stereocenters. The smallest absolute Gasteiger partial charge is 0.410 e. The van der Waals surface area contributed by atoms with E-state index in [2.05, 4.69) is 68.6 Å². The van der Waals surface area contributed by atoms with Gasteiger partial charge >= 0.3 is 18.2 Å². The van der Waals surface area contributed by atoms with E-state index in [4.69, 9.17) is 78.0 Å². The lowest BCUT2D eigenvalue weighted by molar-refractivity contribution is -0.126. The summed E-state index contributed by atoms with van der Waals surface area (Å²) in [4.78, 5) is 137. The van der Waals surface area contributed by atoms with E-state index in [9.17, 15) is 33.6 Å². The van der Waals surface area contributed by atoms with Crippen LogP contribution in [0.4, 0.5) is 33.4 Å². The average Bonchev–Trinajstić information content (AvgIpc) is 1.61. The topological polar surface area (TPSA) is 465 Å².